The molecule has 0 saturated carbocycles. The van der Waals surface area contributed by atoms with Crippen molar-refractivity contribution in [1.82, 2.24) is 9.21 Å². The molecule has 1 aromatic carbocycles. The standard InChI is InChI=1S/C16H25N3O3S/c1-13-5-4-6-14(11-13)17-16(20)12-19-9-7-15(8-10-19)18(2)23(3,21)22/h4-6,11,15H,7-10,12H2,1-3H3,(H,17,20). The molecule has 1 saturated heterocycles. The van der Waals surface area contributed by atoms with Crippen LogP contribution in [0, 0.1) is 6.92 Å². The topological polar surface area (TPSA) is 69.7 Å². The third-order valence-corrected chi connectivity index (χ3v) is 5.61. The summed E-state index contributed by atoms with van der Waals surface area (Å²) in [6.07, 6.45) is 2.73. The van der Waals surface area contributed by atoms with Gasteiger partial charge in [0.15, 0.2) is 0 Å². The lowest BCUT2D eigenvalue weighted by Gasteiger charge is -2.35. The summed E-state index contributed by atoms with van der Waals surface area (Å²) in [6.45, 7) is 3.78. The Balaban J connectivity index is 1.81. The maximum atomic E-state index is 12.1. The summed E-state index contributed by atoms with van der Waals surface area (Å²) in [5.41, 5.74) is 1.91. The third-order valence-electron chi connectivity index (χ3n) is 4.26. The van der Waals surface area contributed by atoms with Crippen molar-refractivity contribution in [2.45, 2.75) is 25.8 Å². The van der Waals surface area contributed by atoms with Crippen LogP contribution in [0.1, 0.15) is 18.4 Å². The number of carbonyl (C=O) groups excluding carboxylic acids is 1. The van der Waals surface area contributed by atoms with Crippen molar-refractivity contribution in [3.8, 4) is 0 Å². The summed E-state index contributed by atoms with van der Waals surface area (Å²) in [5.74, 6) is -0.0366. The number of sulfonamides is 1. The van der Waals surface area contributed by atoms with E-state index < -0.39 is 10.0 Å². The molecule has 0 aromatic heterocycles. The van der Waals surface area contributed by atoms with E-state index in [1.165, 1.54) is 10.6 Å². The summed E-state index contributed by atoms with van der Waals surface area (Å²) < 4.78 is 24.6. The molecule has 0 radical (unpaired) electrons. The zero-order chi connectivity index (χ0) is 17.0. The molecule has 128 valence electrons. The van der Waals surface area contributed by atoms with Crippen LogP contribution in [0.2, 0.25) is 0 Å². The van der Waals surface area contributed by atoms with Gasteiger partial charge in [0.1, 0.15) is 0 Å². The number of piperidine rings is 1. The van der Waals surface area contributed by atoms with Crippen LogP contribution in [0.3, 0.4) is 0 Å². The van der Waals surface area contributed by atoms with Crippen molar-refractivity contribution in [2.24, 2.45) is 0 Å². The van der Waals surface area contributed by atoms with E-state index in [0.717, 1.165) is 37.2 Å². The molecule has 7 heteroatoms. The monoisotopic (exact) mass is 339 g/mol. The number of rotatable bonds is 5. The van der Waals surface area contributed by atoms with Gasteiger partial charge in [0.2, 0.25) is 15.9 Å². The molecule has 0 bridgehead atoms. The minimum atomic E-state index is -3.15. The first kappa shape index (κ1) is 17.9. The average Bonchev–Trinajstić information content (AvgIpc) is 2.46. The zero-order valence-electron chi connectivity index (χ0n) is 13.9. The second kappa shape index (κ2) is 7.42. The van der Waals surface area contributed by atoms with Gasteiger partial charge in [-0.05, 0) is 37.5 Å². The summed E-state index contributed by atoms with van der Waals surface area (Å²) in [7, 11) is -1.53. The van der Waals surface area contributed by atoms with E-state index in [1.807, 2.05) is 31.2 Å². The number of amides is 1. The fourth-order valence-electron chi connectivity index (χ4n) is 2.84. The molecule has 1 aromatic rings. The quantitative estimate of drug-likeness (QED) is 0.878. The second-order valence-corrected chi connectivity index (χ2v) is 8.25. The van der Waals surface area contributed by atoms with Gasteiger partial charge in [-0.3, -0.25) is 9.69 Å². The molecule has 1 fully saturated rings. The SMILES string of the molecule is Cc1cccc(NC(=O)CN2CCC(N(C)S(C)(=O)=O)CC2)c1. The first-order chi connectivity index (χ1) is 10.8. The Bertz CT molecular complexity index is 652. The average molecular weight is 339 g/mol. The molecule has 23 heavy (non-hydrogen) atoms. The lowest BCUT2D eigenvalue weighted by atomic mass is 10.1. The van der Waals surface area contributed by atoms with Crippen LogP contribution in [0.15, 0.2) is 24.3 Å². The predicted octanol–water partition coefficient (Wildman–Crippen LogP) is 1.29. The van der Waals surface area contributed by atoms with Gasteiger partial charge in [0.05, 0.1) is 12.8 Å². The molecule has 0 aliphatic carbocycles. The Morgan fingerprint density at radius 3 is 2.57 bits per heavy atom. The van der Waals surface area contributed by atoms with E-state index in [9.17, 15) is 13.2 Å². The Morgan fingerprint density at radius 1 is 1.35 bits per heavy atom. The van der Waals surface area contributed by atoms with Gasteiger partial charge in [-0.2, -0.15) is 0 Å². The predicted molar refractivity (Wildman–Crippen MR) is 91.9 cm³/mol. The number of anilines is 1. The van der Waals surface area contributed by atoms with Crippen molar-refractivity contribution < 1.29 is 13.2 Å². The highest BCUT2D eigenvalue weighted by Gasteiger charge is 2.27. The van der Waals surface area contributed by atoms with Crippen molar-refractivity contribution in [3.63, 3.8) is 0 Å². The van der Waals surface area contributed by atoms with Crippen LogP contribution in [0.25, 0.3) is 0 Å². The normalized spacial score (nSPS) is 17.4. The van der Waals surface area contributed by atoms with Gasteiger partial charge < -0.3 is 5.32 Å². The van der Waals surface area contributed by atoms with Crippen LogP contribution in [0.5, 0.6) is 0 Å². The molecule has 1 heterocycles. The molecule has 0 spiro atoms. The van der Waals surface area contributed by atoms with Crippen molar-refractivity contribution in [2.75, 3.05) is 38.3 Å². The maximum absolute atomic E-state index is 12.1. The Kier molecular flexibility index (Phi) is 5.78. The summed E-state index contributed by atoms with van der Waals surface area (Å²) in [5, 5.41) is 2.90. The number of benzene rings is 1. The number of likely N-dealkylation sites (tertiary alicyclic amines) is 1. The molecule has 0 atom stereocenters. The third kappa shape index (κ3) is 5.30. The molecule has 1 N–H and O–H groups in total. The van der Waals surface area contributed by atoms with Crippen molar-refractivity contribution in [3.05, 3.63) is 29.8 Å². The minimum Gasteiger partial charge on any atom is -0.325 e. The van der Waals surface area contributed by atoms with Crippen LogP contribution in [0.4, 0.5) is 5.69 Å². The molecule has 0 unspecified atom stereocenters. The Morgan fingerprint density at radius 2 is 2.00 bits per heavy atom. The van der Waals surface area contributed by atoms with E-state index in [1.54, 1.807) is 7.05 Å². The first-order valence-electron chi connectivity index (χ1n) is 7.77. The van der Waals surface area contributed by atoms with E-state index in [2.05, 4.69) is 10.2 Å². The Labute approximate surface area is 138 Å². The van der Waals surface area contributed by atoms with Crippen molar-refractivity contribution >= 4 is 21.6 Å². The van der Waals surface area contributed by atoms with E-state index in [-0.39, 0.29) is 11.9 Å². The van der Waals surface area contributed by atoms with Gasteiger partial charge in [-0.25, -0.2) is 12.7 Å². The number of nitrogens with one attached hydrogen (secondary N) is 1. The fraction of sp³-hybridized carbons (Fsp3) is 0.562. The molecule has 6 nitrogen and oxygen atoms in total. The van der Waals surface area contributed by atoms with Gasteiger partial charge in [0.25, 0.3) is 0 Å². The molecular formula is C16H25N3O3S. The highest BCUT2D eigenvalue weighted by Crippen LogP contribution is 2.17. The van der Waals surface area contributed by atoms with Crippen LogP contribution >= 0.6 is 0 Å². The van der Waals surface area contributed by atoms with Crippen LogP contribution < -0.4 is 5.32 Å². The smallest absolute Gasteiger partial charge is 0.238 e. The minimum absolute atomic E-state index is 0.0288. The lowest BCUT2D eigenvalue weighted by molar-refractivity contribution is -0.117. The fourth-order valence-corrected chi connectivity index (χ4v) is 3.59. The maximum Gasteiger partial charge on any atom is 0.238 e. The van der Waals surface area contributed by atoms with Gasteiger partial charge in [-0.1, -0.05) is 12.1 Å². The first-order valence-corrected chi connectivity index (χ1v) is 9.62. The molecule has 2 rings (SSSR count). The van der Waals surface area contributed by atoms with E-state index in [4.69, 9.17) is 0 Å². The lowest BCUT2D eigenvalue weighted by Crippen LogP contribution is -2.47. The summed E-state index contributed by atoms with van der Waals surface area (Å²) in [4.78, 5) is 14.2. The van der Waals surface area contributed by atoms with E-state index in [0.29, 0.717) is 6.54 Å². The molecule has 1 amide bonds. The van der Waals surface area contributed by atoms with Crippen LogP contribution in [-0.4, -0.2) is 62.5 Å². The van der Waals surface area contributed by atoms with Crippen molar-refractivity contribution in [1.29, 1.82) is 0 Å². The molecule has 1 aliphatic rings. The molecular weight excluding hydrogens is 314 g/mol. The summed E-state index contributed by atoms with van der Waals surface area (Å²) in [6, 6.07) is 7.74. The van der Waals surface area contributed by atoms with Crippen LogP contribution in [-0.2, 0) is 14.8 Å². The van der Waals surface area contributed by atoms with Gasteiger partial charge in [-0.15, -0.1) is 0 Å². The zero-order valence-corrected chi connectivity index (χ0v) is 14.8. The highest BCUT2D eigenvalue weighted by atomic mass is 32.2. The highest BCUT2D eigenvalue weighted by molar-refractivity contribution is 7.88. The number of aryl methyl sites for hydroxylation is 1. The largest absolute Gasteiger partial charge is 0.325 e. The number of hydrogen-bond acceptors (Lipinski definition) is 4. The molecule has 1 aliphatic heterocycles. The summed E-state index contributed by atoms with van der Waals surface area (Å²) >= 11 is 0. The Hall–Kier alpha value is -1.44. The number of nitrogens with zero attached hydrogens (tertiary/aromatic N) is 2. The van der Waals surface area contributed by atoms with Gasteiger partial charge >= 0.3 is 0 Å². The van der Waals surface area contributed by atoms with Gasteiger partial charge in [0, 0.05) is 31.9 Å². The van der Waals surface area contributed by atoms with E-state index >= 15 is 0 Å². The second-order valence-electron chi connectivity index (χ2n) is 6.20. The number of hydrogen-bond donors (Lipinski definition) is 1. The number of carbonyl (C=O) groups is 1.